The molecule has 2 rings (SSSR count). The van der Waals surface area contributed by atoms with Gasteiger partial charge in [-0.1, -0.05) is 11.6 Å². The molecule has 1 amide bonds. The number of rotatable bonds is 5. The molecule has 1 N–H and O–H groups in total. The quantitative estimate of drug-likeness (QED) is 0.482. The topological polar surface area (TPSA) is 47.6 Å². The Morgan fingerprint density at radius 2 is 1.60 bits per heavy atom. The lowest BCUT2D eigenvalue weighted by Crippen LogP contribution is -2.22. The van der Waals surface area contributed by atoms with Gasteiger partial charge in [0.2, 0.25) is 29.1 Å². The molecule has 0 radical (unpaired) electrons. The molecule has 0 saturated heterocycles. The summed E-state index contributed by atoms with van der Waals surface area (Å²) in [6.45, 7) is -1.02. The van der Waals surface area contributed by atoms with Crippen LogP contribution in [0.3, 0.4) is 0 Å². The molecule has 0 atom stereocenters. The van der Waals surface area contributed by atoms with Crippen LogP contribution in [0.15, 0.2) is 18.2 Å². The summed E-state index contributed by atoms with van der Waals surface area (Å²) in [5.41, 5.74) is 0.126. The smallest absolute Gasteiger partial charge is 0.262 e. The van der Waals surface area contributed by atoms with Gasteiger partial charge in [0.25, 0.3) is 5.91 Å². The summed E-state index contributed by atoms with van der Waals surface area (Å²) < 4.78 is 75.3. The fourth-order valence-corrected chi connectivity index (χ4v) is 1.99. The lowest BCUT2D eigenvalue weighted by Gasteiger charge is -2.12. The van der Waals surface area contributed by atoms with Crippen molar-refractivity contribution in [2.24, 2.45) is 0 Å². The van der Waals surface area contributed by atoms with Gasteiger partial charge in [-0.3, -0.25) is 4.79 Å². The van der Waals surface area contributed by atoms with Crippen LogP contribution < -0.4 is 14.8 Å². The van der Waals surface area contributed by atoms with E-state index in [2.05, 4.69) is 10.1 Å². The number of carbonyl (C=O) groups is 1. The lowest BCUT2D eigenvalue weighted by molar-refractivity contribution is -0.118. The standard InChI is InChI=1S/C15H9ClF5NO3/c1-24-8-3-2-6(16)4-7(8)22-9(23)5-25-15-13(20)11(18)10(17)12(19)14(15)21/h2-4H,5H2,1H3,(H,22,23). The third-order valence-electron chi connectivity index (χ3n) is 2.95. The van der Waals surface area contributed by atoms with E-state index in [-0.39, 0.29) is 16.5 Å². The zero-order valence-electron chi connectivity index (χ0n) is 12.4. The van der Waals surface area contributed by atoms with Gasteiger partial charge in [0.15, 0.2) is 12.4 Å². The highest BCUT2D eigenvalue weighted by Gasteiger charge is 2.27. The summed E-state index contributed by atoms with van der Waals surface area (Å²) in [7, 11) is 1.32. The Morgan fingerprint density at radius 1 is 1.04 bits per heavy atom. The minimum Gasteiger partial charge on any atom is -0.495 e. The summed E-state index contributed by atoms with van der Waals surface area (Å²) >= 11 is 5.77. The molecule has 4 nitrogen and oxygen atoms in total. The Labute approximate surface area is 143 Å². The number of anilines is 1. The maximum Gasteiger partial charge on any atom is 0.262 e. The minimum atomic E-state index is -2.32. The first kappa shape index (κ1) is 18.8. The predicted octanol–water partition coefficient (Wildman–Crippen LogP) is 4.06. The Morgan fingerprint density at radius 3 is 2.16 bits per heavy atom. The molecule has 0 saturated carbocycles. The van der Waals surface area contributed by atoms with Gasteiger partial charge in [-0.2, -0.15) is 8.78 Å². The molecule has 0 aliphatic carbocycles. The van der Waals surface area contributed by atoms with Crippen LogP contribution in [0.4, 0.5) is 27.6 Å². The van der Waals surface area contributed by atoms with E-state index < -0.39 is 47.3 Å². The van der Waals surface area contributed by atoms with Crippen molar-refractivity contribution in [2.75, 3.05) is 19.0 Å². The third kappa shape index (κ3) is 3.93. The molecule has 0 heterocycles. The Hall–Kier alpha value is -2.55. The van der Waals surface area contributed by atoms with Gasteiger partial charge in [-0.05, 0) is 18.2 Å². The lowest BCUT2D eigenvalue weighted by atomic mass is 10.2. The zero-order valence-corrected chi connectivity index (χ0v) is 13.2. The molecular weight excluding hydrogens is 373 g/mol. The molecule has 0 aliphatic heterocycles. The van der Waals surface area contributed by atoms with E-state index in [0.29, 0.717) is 0 Å². The summed E-state index contributed by atoms with van der Waals surface area (Å²) in [6, 6.07) is 4.26. The Balaban J connectivity index is 2.15. The highest BCUT2D eigenvalue weighted by atomic mass is 35.5. The molecule has 0 aliphatic rings. The van der Waals surface area contributed by atoms with Crippen LogP contribution in [0.1, 0.15) is 0 Å². The summed E-state index contributed by atoms with van der Waals surface area (Å²) in [4.78, 5) is 11.8. The molecule has 2 aromatic rings. The van der Waals surface area contributed by atoms with Crippen molar-refractivity contribution in [3.8, 4) is 11.5 Å². The Bertz CT molecular complexity index is 802. The van der Waals surface area contributed by atoms with E-state index >= 15 is 0 Å². The van der Waals surface area contributed by atoms with Crippen LogP contribution in [-0.4, -0.2) is 19.6 Å². The van der Waals surface area contributed by atoms with Crippen molar-refractivity contribution >= 4 is 23.2 Å². The van der Waals surface area contributed by atoms with Gasteiger partial charge in [-0.15, -0.1) is 0 Å². The van der Waals surface area contributed by atoms with E-state index in [9.17, 15) is 26.7 Å². The molecule has 0 unspecified atom stereocenters. The first-order chi connectivity index (χ1) is 11.8. The highest BCUT2D eigenvalue weighted by molar-refractivity contribution is 6.31. The molecule has 0 aromatic heterocycles. The van der Waals surface area contributed by atoms with Crippen molar-refractivity contribution in [1.82, 2.24) is 0 Å². The van der Waals surface area contributed by atoms with Gasteiger partial charge >= 0.3 is 0 Å². The van der Waals surface area contributed by atoms with Gasteiger partial charge in [0.05, 0.1) is 12.8 Å². The maximum atomic E-state index is 13.4. The minimum absolute atomic E-state index is 0.126. The van der Waals surface area contributed by atoms with Gasteiger partial charge < -0.3 is 14.8 Å². The summed E-state index contributed by atoms with van der Waals surface area (Å²) in [5.74, 6) is -13.3. The van der Waals surface area contributed by atoms with Crippen LogP contribution in [0.5, 0.6) is 11.5 Å². The van der Waals surface area contributed by atoms with Crippen LogP contribution in [-0.2, 0) is 4.79 Å². The number of carbonyl (C=O) groups excluding carboxylic acids is 1. The fraction of sp³-hybridized carbons (Fsp3) is 0.133. The molecule has 134 valence electrons. The Kier molecular flexibility index (Phi) is 5.68. The normalized spacial score (nSPS) is 10.5. The number of benzene rings is 2. The predicted molar refractivity (Wildman–Crippen MR) is 78.4 cm³/mol. The summed E-state index contributed by atoms with van der Waals surface area (Å²) in [6.07, 6.45) is 0. The average molecular weight is 382 g/mol. The third-order valence-corrected chi connectivity index (χ3v) is 3.19. The van der Waals surface area contributed by atoms with E-state index in [4.69, 9.17) is 16.3 Å². The molecule has 0 bridgehead atoms. The van der Waals surface area contributed by atoms with Crippen LogP contribution >= 0.6 is 11.6 Å². The average Bonchev–Trinajstić information content (AvgIpc) is 2.58. The largest absolute Gasteiger partial charge is 0.495 e. The van der Waals surface area contributed by atoms with Gasteiger partial charge in [-0.25, -0.2) is 13.2 Å². The molecule has 0 fully saturated rings. The molecule has 0 spiro atoms. The fourth-order valence-electron chi connectivity index (χ4n) is 1.81. The molecule has 10 heteroatoms. The van der Waals surface area contributed by atoms with E-state index in [1.807, 2.05) is 0 Å². The number of halogens is 6. The van der Waals surface area contributed by atoms with Crippen molar-refractivity contribution in [3.05, 3.63) is 52.3 Å². The zero-order chi connectivity index (χ0) is 18.7. The second-order valence-corrected chi connectivity index (χ2v) is 5.02. The van der Waals surface area contributed by atoms with Crippen LogP contribution in [0.2, 0.25) is 5.02 Å². The van der Waals surface area contributed by atoms with E-state index in [0.717, 1.165) is 0 Å². The molecule has 2 aromatic carbocycles. The van der Waals surface area contributed by atoms with Crippen LogP contribution in [0, 0.1) is 29.1 Å². The van der Waals surface area contributed by atoms with E-state index in [1.54, 1.807) is 0 Å². The number of amides is 1. The first-order valence-corrected chi connectivity index (χ1v) is 6.91. The monoisotopic (exact) mass is 381 g/mol. The van der Waals surface area contributed by atoms with Crippen LogP contribution in [0.25, 0.3) is 0 Å². The number of methoxy groups -OCH3 is 1. The van der Waals surface area contributed by atoms with Crippen molar-refractivity contribution < 1.29 is 36.2 Å². The second kappa shape index (κ2) is 7.56. The van der Waals surface area contributed by atoms with Crippen molar-refractivity contribution in [1.29, 1.82) is 0 Å². The highest BCUT2D eigenvalue weighted by Crippen LogP contribution is 2.30. The van der Waals surface area contributed by atoms with Gasteiger partial charge in [0, 0.05) is 5.02 Å². The molecular formula is C15H9ClF5NO3. The summed E-state index contributed by atoms with van der Waals surface area (Å²) in [5, 5.41) is 2.53. The van der Waals surface area contributed by atoms with Crippen molar-refractivity contribution in [3.63, 3.8) is 0 Å². The van der Waals surface area contributed by atoms with E-state index in [1.165, 1.54) is 25.3 Å². The number of ether oxygens (including phenoxy) is 2. The number of hydrogen-bond donors (Lipinski definition) is 1. The van der Waals surface area contributed by atoms with Crippen molar-refractivity contribution in [2.45, 2.75) is 0 Å². The number of nitrogens with one attached hydrogen (secondary N) is 1. The molecule has 25 heavy (non-hydrogen) atoms. The van der Waals surface area contributed by atoms with Gasteiger partial charge in [0.1, 0.15) is 5.75 Å². The first-order valence-electron chi connectivity index (χ1n) is 6.53. The second-order valence-electron chi connectivity index (χ2n) is 4.58. The number of hydrogen-bond acceptors (Lipinski definition) is 3. The SMILES string of the molecule is COc1ccc(Cl)cc1NC(=O)COc1c(F)c(F)c(F)c(F)c1F. The maximum absolute atomic E-state index is 13.4.